The number of ether oxygens (including phenoxy) is 1. The second-order valence-corrected chi connectivity index (χ2v) is 7.82. The highest BCUT2D eigenvalue weighted by molar-refractivity contribution is 8.26. The molecule has 1 saturated heterocycles. The van der Waals surface area contributed by atoms with E-state index in [1.165, 1.54) is 25.3 Å². The van der Waals surface area contributed by atoms with Crippen molar-refractivity contribution in [2.45, 2.75) is 39.5 Å². The fraction of sp³-hybridized carbons (Fsp3) is 0.474. The largest absolute Gasteiger partial charge is 0.504 e. The van der Waals surface area contributed by atoms with E-state index >= 15 is 0 Å². The van der Waals surface area contributed by atoms with Crippen molar-refractivity contribution < 1.29 is 14.6 Å². The predicted molar refractivity (Wildman–Crippen MR) is 108 cm³/mol. The van der Waals surface area contributed by atoms with Crippen LogP contribution in [0.25, 0.3) is 6.08 Å². The van der Waals surface area contributed by atoms with Gasteiger partial charge in [0, 0.05) is 6.54 Å². The minimum Gasteiger partial charge on any atom is -0.504 e. The van der Waals surface area contributed by atoms with Crippen LogP contribution in [0.15, 0.2) is 23.1 Å². The van der Waals surface area contributed by atoms with E-state index in [4.69, 9.17) is 17.0 Å². The number of amides is 1. The van der Waals surface area contributed by atoms with Gasteiger partial charge in [-0.15, -0.1) is 0 Å². The summed E-state index contributed by atoms with van der Waals surface area (Å²) >= 11 is 6.76. The van der Waals surface area contributed by atoms with Gasteiger partial charge < -0.3 is 9.84 Å². The average Bonchev–Trinajstić information content (AvgIpc) is 2.87. The van der Waals surface area contributed by atoms with Crippen LogP contribution in [0.3, 0.4) is 0 Å². The van der Waals surface area contributed by atoms with Gasteiger partial charge in [-0.1, -0.05) is 63.2 Å². The molecule has 1 amide bonds. The molecular formula is C19H25NO3S2. The molecule has 0 aromatic heterocycles. The lowest BCUT2D eigenvalue weighted by molar-refractivity contribution is -0.122. The van der Waals surface area contributed by atoms with Crippen molar-refractivity contribution in [3.8, 4) is 11.5 Å². The second-order valence-electron chi connectivity index (χ2n) is 6.14. The molecule has 0 unspecified atom stereocenters. The number of methoxy groups -OCH3 is 1. The number of thioether (sulfide) groups is 1. The Morgan fingerprint density at radius 2 is 2.16 bits per heavy atom. The van der Waals surface area contributed by atoms with Crippen LogP contribution in [0.5, 0.6) is 11.5 Å². The molecular weight excluding hydrogens is 354 g/mol. The third kappa shape index (κ3) is 4.98. The van der Waals surface area contributed by atoms with E-state index in [0.29, 0.717) is 27.4 Å². The number of carbonyl (C=O) groups excluding carboxylic acids is 1. The van der Waals surface area contributed by atoms with Gasteiger partial charge >= 0.3 is 0 Å². The van der Waals surface area contributed by atoms with Crippen LogP contribution in [-0.4, -0.2) is 33.9 Å². The lowest BCUT2D eigenvalue weighted by atomic mass is 9.99. The summed E-state index contributed by atoms with van der Waals surface area (Å²) in [6.07, 6.45) is 6.31. The first-order chi connectivity index (χ1) is 12.0. The molecule has 2 rings (SSSR count). The average molecular weight is 380 g/mol. The molecule has 1 aliphatic heterocycles. The monoisotopic (exact) mass is 379 g/mol. The maximum Gasteiger partial charge on any atom is 0.266 e. The number of hydrogen-bond acceptors (Lipinski definition) is 5. The molecule has 0 spiro atoms. The highest BCUT2D eigenvalue weighted by atomic mass is 32.2. The number of hydrogen-bond donors (Lipinski definition) is 1. The van der Waals surface area contributed by atoms with Gasteiger partial charge in [0.2, 0.25) is 0 Å². The molecule has 1 heterocycles. The smallest absolute Gasteiger partial charge is 0.266 e. The first-order valence-electron chi connectivity index (χ1n) is 8.62. The quantitative estimate of drug-likeness (QED) is 0.518. The van der Waals surface area contributed by atoms with E-state index in [-0.39, 0.29) is 11.7 Å². The third-order valence-corrected chi connectivity index (χ3v) is 5.74. The summed E-state index contributed by atoms with van der Waals surface area (Å²) in [6, 6.07) is 5.02. The Labute approximate surface area is 159 Å². The van der Waals surface area contributed by atoms with Crippen molar-refractivity contribution >= 4 is 40.3 Å². The number of thiocarbonyl (C=S) groups is 1. The molecule has 0 bridgehead atoms. The van der Waals surface area contributed by atoms with Crippen LogP contribution in [0, 0.1) is 5.92 Å². The molecule has 0 saturated carbocycles. The number of unbranched alkanes of at least 4 members (excludes halogenated alkanes) is 1. The van der Waals surface area contributed by atoms with Gasteiger partial charge in [0.1, 0.15) is 4.32 Å². The van der Waals surface area contributed by atoms with Crippen molar-refractivity contribution in [1.29, 1.82) is 0 Å². The molecule has 6 heteroatoms. The predicted octanol–water partition coefficient (Wildman–Crippen LogP) is 4.82. The van der Waals surface area contributed by atoms with Crippen molar-refractivity contribution in [3.63, 3.8) is 0 Å². The van der Waals surface area contributed by atoms with Crippen molar-refractivity contribution in [2.24, 2.45) is 5.92 Å². The van der Waals surface area contributed by atoms with E-state index in [1.54, 1.807) is 29.2 Å². The summed E-state index contributed by atoms with van der Waals surface area (Å²) in [4.78, 5) is 15.1. The summed E-state index contributed by atoms with van der Waals surface area (Å²) in [5, 5.41) is 9.68. The zero-order valence-electron chi connectivity index (χ0n) is 14.9. The molecule has 4 nitrogen and oxygen atoms in total. The minimum atomic E-state index is -0.0306. The molecule has 1 aromatic carbocycles. The molecule has 1 fully saturated rings. The number of phenols is 1. The zero-order chi connectivity index (χ0) is 18.4. The third-order valence-electron chi connectivity index (χ3n) is 4.36. The Balaban J connectivity index is 2.14. The topological polar surface area (TPSA) is 49.8 Å². The molecule has 1 aromatic rings. The summed E-state index contributed by atoms with van der Waals surface area (Å²) in [6.45, 7) is 5.04. The summed E-state index contributed by atoms with van der Waals surface area (Å²) in [5.74, 6) is 0.913. The number of carbonyl (C=O) groups is 1. The number of aromatic hydroxyl groups is 1. The molecule has 0 radical (unpaired) electrons. The van der Waals surface area contributed by atoms with Crippen molar-refractivity contribution in [2.75, 3.05) is 13.7 Å². The van der Waals surface area contributed by atoms with Crippen LogP contribution >= 0.6 is 24.0 Å². The van der Waals surface area contributed by atoms with Crippen LogP contribution in [-0.2, 0) is 4.79 Å². The fourth-order valence-electron chi connectivity index (χ4n) is 2.77. The Bertz CT molecular complexity index is 673. The second kappa shape index (κ2) is 9.25. The Hall–Kier alpha value is -1.53. The van der Waals surface area contributed by atoms with E-state index in [0.717, 1.165) is 24.8 Å². The van der Waals surface area contributed by atoms with Gasteiger partial charge in [-0.2, -0.15) is 0 Å². The molecule has 1 N–H and O–H groups in total. The van der Waals surface area contributed by atoms with Crippen LogP contribution < -0.4 is 4.74 Å². The van der Waals surface area contributed by atoms with Crippen LogP contribution in [0.2, 0.25) is 0 Å². The van der Waals surface area contributed by atoms with Crippen LogP contribution in [0.4, 0.5) is 0 Å². The first-order valence-corrected chi connectivity index (χ1v) is 9.85. The van der Waals surface area contributed by atoms with Gasteiger partial charge in [-0.3, -0.25) is 9.69 Å². The van der Waals surface area contributed by atoms with E-state index in [1.807, 2.05) is 0 Å². The molecule has 1 atom stereocenters. The highest BCUT2D eigenvalue weighted by Gasteiger charge is 2.33. The number of benzene rings is 1. The maximum atomic E-state index is 12.7. The first kappa shape index (κ1) is 19.8. The Morgan fingerprint density at radius 1 is 1.40 bits per heavy atom. The van der Waals surface area contributed by atoms with Gasteiger partial charge in [0.25, 0.3) is 5.91 Å². The highest BCUT2D eigenvalue weighted by Crippen LogP contribution is 2.35. The fourth-order valence-corrected chi connectivity index (χ4v) is 4.04. The lowest BCUT2D eigenvalue weighted by Gasteiger charge is -2.21. The molecule has 0 aliphatic carbocycles. The normalized spacial score (nSPS) is 17.4. The van der Waals surface area contributed by atoms with Gasteiger partial charge in [-0.25, -0.2) is 0 Å². The van der Waals surface area contributed by atoms with Crippen molar-refractivity contribution in [3.05, 3.63) is 28.7 Å². The van der Waals surface area contributed by atoms with Gasteiger partial charge in [-0.05, 0) is 36.1 Å². The molecule has 1 aliphatic rings. The van der Waals surface area contributed by atoms with E-state index in [2.05, 4.69) is 13.8 Å². The lowest BCUT2D eigenvalue weighted by Crippen LogP contribution is -2.33. The van der Waals surface area contributed by atoms with E-state index < -0.39 is 0 Å². The van der Waals surface area contributed by atoms with Crippen molar-refractivity contribution in [1.82, 2.24) is 4.90 Å². The van der Waals surface area contributed by atoms with Crippen LogP contribution in [0.1, 0.15) is 45.1 Å². The number of rotatable bonds is 8. The molecule has 136 valence electrons. The zero-order valence-corrected chi connectivity index (χ0v) is 16.6. The number of phenolic OH excluding ortho intramolecular Hbond substituents is 1. The summed E-state index contributed by atoms with van der Waals surface area (Å²) in [7, 11) is 1.50. The standard InChI is InChI=1S/C19H25NO3S2/c1-4-6-7-13(5-2)12-20-18(22)17(25-19(20)24)11-14-8-9-15(21)16(10-14)23-3/h8-11,13,21H,4-7,12H2,1-3H3/b17-11-/t13-/m0/s1. The minimum absolute atomic E-state index is 0.0306. The maximum absolute atomic E-state index is 12.7. The SMILES string of the molecule is CCCC[C@H](CC)CN1C(=O)/C(=C/c2ccc(O)c(OC)c2)SC1=S. The van der Waals surface area contributed by atoms with Gasteiger partial charge in [0.05, 0.1) is 12.0 Å². The Kier molecular flexibility index (Phi) is 7.32. The number of nitrogens with zero attached hydrogens (tertiary/aromatic N) is 1. The summed E-state index contributed by atoms with van der Waals surface area (Å²) in [5.41, 5.74) is 0.799. The summed E-state index contributed by atoms with van der Waals surface area (Å²) < 4.78 is 5.74. The van der Waals surface area contributed by atoms with Gasteiger partial charge in [0.15, 0.2) is 11.5 Å². The Morgan fingerprint density at radius 3 is 2.80 bits per heavy atom. The molecule has 25 heavy (non-hydrogen) atoms. The van der Waals surface area contributed by atoms with E-state index in [9.17, 15) is 9.90 Å².